The number of likely N-dealkylation sites (tertiary alicyclic amines) is 1. The molecule has 11 heteroatoms. The van der Waals surface area contributed by atoms with Crippen LogP contribution in [0, 0.1) is 5.92 Å². The van der Waals surface area contributed by atoms with E-state index in [9.17, 15) is 27.6 Å². The number of nitrogens with one attached hydrogen (secondary N) is 1. The zero-order valence-corrected chi connectivity index (χ0v) is 16.0. The summed E-state index contributed by atoms with van der Waals surface area (Å²) in [5.41, 5.74) is 0. The van der Waals surface area contributed by atoms with Gasteiger partial charge in [-0.05, 0) is 24.3 Å². The standard InChI is InChI=1S/C17H21F3N2O5S/c1-26-14(23)9-12(13-3-2-8-28-13)21-15(24)11-4-6-22(7-5-11)16(25)27-10-17(18,19)20/h2-3,8,11-12H,4-7,9-10H2,1H3,(H,21,24). The fourth-order valence-corrected chi connectivity index (χ4v) is 3.59. The summed E-state index contributed by atoms with van der Waals surface area (Å²) in [6, 6.07) is 3.09. The van der Waals surface area contributed by atoms with Crippen LogP contribution in [0.15, 0.2) is 17.5 Å². The number of alkyl halides is 3. The Hall–Kier alpha value is -2.30. The first kappa shape index (κ1) is 22.0. The van der Waals surface area contributed by atoms with E-state index in [1.165, 1.54) is 18.4 Å². The summed E-state index contributed by atoms with van der Waals surface area (Å²) >= 11 is 1.40. The normalized spacial score (nSPS) is 16.4. The van der Waals surface area contributed by atoms with Crippen molar-refractivity contribution in [3.63, 3.8) is 0 Å². The zero-order valence-electron chi connectivity index (χ0n) is 15.2. The van der Waals surface area contributed by atoms with Crippen LogP contribution in [0.2, 0.25) is 0 Å². The van der Waals surface area contributed by atoms with Crippen LogP contribution in [0.25, 0.3) is 0 Å². The van der Waals surface area contributed by atoms with Crippen LogP contribution in [0.4, 0.5) is 18.0 Å². The molecule has 1 N–H and O–H groups in total. The first-order valence-electron chi connectivity index (χ1n) is 8.58. The fraction of sp³-hybridized carbons (Fsp3) is 0.588. The molecule has 1 fully saturated rings. The Balaban J connectivity index is 1.86. The minimum atomic E-state index is -4.58. The van der Waals surface area contributed by atoms with Gasteiger partial charge in [0.1, 0.15) is 0 Å². The summed E-state index contributed by atoms with van der Waals surface area (Å²) in [4.78, 5) is 37.8. The Morgan fingerprint density at radius 2 is 2.00 bits per heavy atom. The van der Waals surface area contributed by atoms with Crippen molar-refractivity contribution in [2.45, 2.75) is 31.5 Å². The third-order valence-electron chi connectivity index (χ3n) is 4.28. The van der Waals surface area contributed by atoms with E-state index in [0.29, 0.717) is 12.8 Å². The summed E-state index contributed by atoms with van der Waals surface area (Å²) in [5, 5.41) is 4.66. The molecule has 7 nitrogen and oxygen atoms in total. The minimum absolute atomic E-state index is 0.00856. The van der Waals surface area contributed by atoms with Crippen molar-refractivity contribution in [1.29, 1.82) is 0 Å². The number of amides is 2. The van der Waals surface area contributed by atoms with Crippen LogP contribution in [0.3, 0.4) is 0 Å². The van der Waals surface area contributed by atoms with E-state index >= 15 is 0 Å². The number of halogens is 3. The molecule has 1 aliphatic heterocycles. The van der Waals surface area contributed by atoms with Crippen LogP contribution < -0.4 is 5.32 Å². The van der Waals surface area contributed by atoms with Gasteiger partial charge in [0.2, 0.25) is 5.91 Å². The number of esters is 1. The molecule has 28 heavy (non-hydrogen) atoms. The molecule has 1 aromatic heterocycles. The number of rotatable bonds is 6. The molecular formula is C17H21F3N2O5S. The van der Waals surface area contributed by atoms with Crippen LogP contribution in [0.1, 0.15) is 30.2 Å². The molecule has 156 valence electrons. The maximum Gasteiger partial charge on any atom is 0.422 e. The van der Waals surface area contributed by atoms with E-state index in [0.717, 1.165) is 9.78 Å². The average molecular weight is 422 g/mol. The summed E-state index contributed by atoms with van der Waals surface area (Å²) in [6.07, 6.45) is -5.04. The van der Waals surface area contributed by atoms with Gasteiger partial charge in [-0.2, -0.15) is 13.2 Å². The van der Waals surface area contributed by atoms with E-state index in [2.05, 4.69) is 14.8 Å². The number of carbonyl (C=O) groups is 3. The molecule has 1 aromatic rings. The number of piperidine rings is 1. The Morgan fingerprint density at radius 3 is 2.54 bits per heavy atom. The molecule has 0 aliphatic carbocycles. The highest BCUT2D eigenvalue weighted by molar-refractivity contribution is 7.10. The molecule has 0 radical (unpaired) electrons. The van der Waals surface area contributed by atoms with Crippen molar-refractivity contribution in [2.75, 3.05) is 26.8 Å². The molecule has 1 unspecified atom stereocenters. The van der Waals surface area contributed by atoms with Crippen LogP contribution >= 0.6 is 11.3 Å². The Bertz CT molecular complexity index is 673. The largest absolute Gasteiger partial charge is 0.469 e. The maximum atomic E-state index is 12.6. The number of carbonyl (C=O) groups excluding carboxylic acids is 3. The van der Waals surface area contributed by atoms with E-state index in [1.807, 2.05) is 11.4 Å². The quantitative estimate of drug-likeness (QED) is 0.713. The first-order chi connectivity index (χ1) is 13.2. The number of methoxy groups -OCH3 is 1. The molecular weight excluding hydrogens is 401 g/mol. The van der Waals surface area contributed by atoms with Gasteiger partial charge in [0.05, 0.1) is 19.6 Å². The van der Waals surface area contributed by atoms with Gasteiger partial charge in [-0.3, -0.25) is 9.59 Å². The van der Waals surface area contributed by atoms with Gasteiger partial charge >= 0.3 is 18.2 Å². The summed E-state index contributed by atoms with van der Waals surface area (Å²) in [5.74, 6) is -1.14. The van der Waals surface area contributed by atoms with Gasteiger partial charge in [-0.15, -0.1) is 11.3 Å². The highest BCUT2D eigenvalue weighted by atomic mass is 32.1. The Morgan fingerprint density at radius 1 is 1.32 bits per heavy atom. The van der Waals surface area contributed by atoms with Crippen molar-refractivity contribution >= 4 is 29.3 Å². The smallest absolute Gasteiger partial charge is 0.422 e. The monoisotopic (exact) mass is 422 g/mol. The topological polar surface area (TPSA) is 84.9 Å². The van der Waals surface area contributed by atoms with Gasteiger partial charge in [0, 0.05) is 23.9 Å². The van der Waals surface area contributed by atoms with E-state index < -0.39 is 36.8 Å². The average Bonchev–Trinajstić information content (AvgIpc) is 3.19. The van der Waals surface area contributed by atoms with Crippen LogP contribution in [-0.4, -0.2) is 55.9 Å². The lowest BCUT2D eigenvalue weighted by molar-refractivity contribution is -0.162. The van der Waals surface area contributed by atoms with Crippen molar-refractivity contribution in [3.05, 3.63) is 22.4 Å². The summed E-state index contributed by atoms with van der Waals surface area (Å²) in [7, 11) is 1.27. The molecule has 0 aromatic carbocycles. The number of ether oxygens (including phenoxy) is 2. The Labute approximate surface area is 163 Å². The zero-order chi connectivity index (χ0) is 20.7. The highest BCUT2D eigenvalue weighted by Gasteiger charge is 2.33. The van der Waals surface area contributed by atoms with Crippen molar-refractivity contribution in [3.8, 4) is 0 Å². The molecule has 2 rings (SSSR count). The van der Waals surface area contributed by atoms with Gasteiger partial charge in [0.15, 0.2) is 6.61 Å². The maximum absolute atomic E-state index is 12.6. The molecule has 2 amide bonds. The predicted molar refractivity (Wildman–Crippen MR) is 93.5 cm³/mol. The van der Waals surface area contributed by atoms with Crippen molar-refractivity contribution < 1.29 is 37.0 Å². The lowest BCUT2D eigenvalue weighted by atomic mass is 9.95. The number of nitrogens with zero attached hydrogens (tertiary/aromatic N) is 1. The second kappa shape index (κ2) is 9.76. The summed E-state index contributed by atoms with van der Waals surface area (Å²) in [6.45, 7) is -1.40. The van der Waals surface area contributed by atoms with Crippen molar-refractivity contribution in [2.24, 2.45) is 5.92 Å². The number of hydrogen-bond donors (Lipinski definition) is 1. The number of hydrogen-bond acceptors (Lipinski definition) is 6. The minimum Gasteiger partial charge on any atom is -0.469 e. The molecule has 0 bridgehead atoms. The molecule has 1 aliphatic rings. The van der Waals surface area contributed by atoms with Crippen molar-refractivity contribution in [1.82, 2.24) is 10.2 Å². The number of thiophene rings is 1. The SMILES string of the molecule is COC(=O)CC(NC(=O)C1CCN(C(=O)OCC(F)(F)F)CC1)c1cccs1. The third-order valence-corrected chi connectivity index (χ3v) is 5.27. The predicted octanol–water partition coefficient (Wildman–Crippen LogP) is 2.88. The lowest BCUT2D eigenvalue weighted by Crippen LogP contribution is -2.44. The van der Waals surface area contributed by atoms with Gasteiger partial charge in [-0.25, -0.2) is 4.79 Å². The lowest BCUT2D eigenvalue weighted by Gasteiger charge is -2.31. The van der Waals surface area contributed by atoms with E-state index in [-0.39, 0.29) is 25.4 Å². The summed E-state index contributed by atoms with van der Waals surface area (Å²) < 4.78 is 45.3. The van der Waals surface area contributed by atoms with Crippen LogP contribution in [-0.2, 0) is 19.1 Å². The first-order valence-corrected chi connectivity index (χ1v) is 9.46. The van der Waals surface area contributed by atoms with Gasteiger partial charge in [0.25, 0.3) is 0 Å². The molecule has 1 atom stereocenters. The fourth-order valence-electron chi connectivity index (χ4n) is 2.81. The molecule has 0 saturated carbocycles. The van der Waals surface area contributed by atoms with Crippen LogP contribution in [0.5, 0.6) is 0 Å². The van der Waals surface area contributed by atoms with E-state index in [1.54, 1.807) is 6.07 Å². The van der Waals surface area contributed by atoms with Gasteiger partial charge < -0.3 is 19.7 Å². The molecule has 2 heterocycles. The van der Waals surface area contributed by atoms with E-state index in [4.69, 9.17) is 0 Å². The second-order valence-electron chi connectivity index (χ2n) is 6.29. The second-order valence-corrected chi connectivity index (χ2v) is 7.27. The Kier molecular flexibility index (Phi) is 7.67. The molecule has 0 spiro atoms. The highest BCUT2D eigenvalue weighted by Crippen LogP contribution is 2.25. The molecule has 1 saturated heterocycles. The third kappa shape index (κ3) is 6.70. The van der Waals surface area contributed by atoms with Gasteiger partial charge in [-0.1, -0.05) is 6.07 Å².